The number of pyridine rings is 1. The molecule has 5 nitrogen and oxygen atoms in total. The molecule has 0 saturated carbocycles. The number of halogens is 1. The van der Waals surface area contributed by atoms with Gasteiger partial charge in [0, 0.05) is 25.1 Å². The minimum atomic E-state index is 0.564. The smallest absolute Gasteiger partial charge is 0.141 e. The van der Waals surface area contributed by atoms with Crippen LogP contribution >= 0.6 is 11.6 Å². The van der Waals surface area contributed by atoms with E-state index in [1.807, 2.05) is 24.7 Å². The third kappa shape index (κ3) is 1.48. The number of hydrogen-bond acceptors (Lipinski definition) is 3. The number of rotatable bonds is 1. The monoisotopic (exact) mass is 261 g/mol. The van der Waals surface area contributed by atoms with Crippen molar-refractivity contribution in [2.45, 2.75) is 6.92 Å². The molecule has 3 rings (SSSR count). The molecule has 3 aromatic heterocycles. The van der Waals surface area contributed by atoms with Crippen LogP contribution in [0.3, 0.4) is 0 Å². The molecule has 0 aliphatic rings. The Hall–Kier alpha value is -2.01. The lowest BCUT2D eigenvalue weighted by atomic mass is 10.2. The molecule has 0 radical (unpaired) electrons. The number of aromatic amines is 1. The SMILES string of the molecule is Cc1nc(-c2[nH]c3nccc(N)c3c2Cl)cn1C. The molecule has 18 heavy (non-hydrogen) atoms. The number of aryl methyl sites for hydroxylation is 2. The van der Waals surface area contributed by atoms with Gasteiger partial charge in [-0.15, -0.1) is 0 Å². The van der Waals surface area contributed by atoms with Crippen LogP contribution in [0, 0.1) is 6.92 Å². The highest BCUT2D eigenvalue weighted by molar-refractivity contribution is 6.39. The van der Waals surface area contributed by atoms with E-state index < -0.39 is 0 Å². The van der Waals surface area contributed by atoms with E-state index in [2.05, 4.69) is 15.0 Å². The molecule has 0 fully saturated rings. The van der Waals surface area contributed by atoms with Crippen LogP contribution in [-0.2, 0) is 7.05 Å². The number of imidazole rings is 1. The number of aromatic nitrogens is 4. The largest absolute Gasteiger partial charge is 0.398 e. The summed E-state index contributed by atoms with van der Waals surface area (Å²) in [4.78, 5) is 11.8. The Morgan fingerprint density at radius 2 is 2.22 bits per heavy atom. The second-order valence-corrected chi connectivity index (χ2v) is 4.60. The fourth-order valence-electron chi connectivity index (χ4n) is 1.96. The number of hydrogen-bond donors (Lipinski definition) is 2. The number of nitrogens with one attached hydrogen (secondary N) is 1. The number of anilines is 1. The van der Waals surface area contributed by atoms with E-state index in [1.54, 1.807) is 12.3 Å². The number of nitrogens with two attached hydrogens (primary N) is 1. The minimum Gasteiger partial charge on any atom is -0.398 e. The molecule has 0 aliphatic carbocycles. The second-order valence-electron chi connectivity index (χ2n) is 4.22. The summed E-state index contributed by atoms with van der Waals surface area (Å²) in [5, 5.41) is 1.31. The van der Waals surface area contributed by atoms with Gasteiger partial charge in [0.05, 0.1) is 16.1 Å². The maximum atomic E-state index is 6.36. The van der Waals surface area contributed by atoms with Crippen molar-refractivity contribution in [3.05, 3.63) is 29.3 Å². The summed E-state index contributed by atoms with van der Waals surface area (Å²) in [7, 11) is 1.94. The Morgan fingerprint density at radius 3 is 2.83 bits per heavy atom. The van der Waals surface area contributed by atoms with Gasteiger partial charge in [0.2, 0.25) is 0 Å². The van der Waals surface area contributed by atoms with Crippen molar-refractivity contribution in [1.82, 2.24) is 19.5 Å². The van der Waals surface area contributed by atoms with Gasteiger partial charge in [-0.3, -0.25) is 0 Å². The Morgan fingerprint density at radius 1 is 1.44 bits per heavy atom. The lowest BCUT2D eigenvalue weighted by Gasteiger charge is -1.94. The van der Waals surface area contributed by atoms with E-state index in [0.717, 1.165) is 22.6 Å². The molecule has 6 heteroatoms. The highest BCUT2D eigenvalue weighted by atomic mass is 35.5. The molecule has 0 bridgehead atoms. The summed E-state index contributed by atoms with van der Waals surface area (Å²) in [6.45, 7) is 1.94. The summed E-state index contributed by atoms with van der Waals surface area (Å²) < 4.78 is 1.94. The first-order valence-electron chi connectivity index (χ1n) is 5.50. The molecule has 0 unspecified atom stereocenters. The van der Waals surface area contributed by atoms with Gasteiger partial charge < -0.3 is 15.3 Å². The molecule has 92 valence electrons. The van der Waals surface area contributed by atoms with E-state index in [1.165, 1.54) is 0 Å². The van der Waals surface area contributed by atoms with Crippen LogP contribution in [0.1, 0.15) is 5.82 Å². The first kappa shape index (κ1) is 11.1. The van der Waals surface area contributed by atoms with Crippen molar-refractivity contribution in [1.29, 1.82) is 0 Å². The number of nitrogens with zero attached hydrogens (tertiary/aromatic N) is 3. The minimum absolute atomic E-state index is 0.564. The standard InChI is InChI=1S/C12H12ClN5/c1-6-16-8(5-18(6)2)11-10(13)9-7(14)3-4-15-12(9)17-11/h3-5H,1-2H3,(H3,14,15,17). The molecule has 0 spiro atoms. The molecule has 3 heterocycles. The maximum absolute atomic E-state index is 6.36. The van der Waals surface area contributed by atoms with Gasteiger partial charge in [-0.1, -0.05) is 11.6 Å². The fraction of sp³-hybridized carbons (Fsp3) is 0.167. The average molecular weight is 262 g/mol. The molecular weight excluding hydrogens is 250 g/mol. The molecule has 0 aromatic carbocycles. The zero-order chi connectivity index (χ0) is 12.9. The summed E-state index contributed by atoms with van der Waals surface area (Å²) in [6, 6.07) is 1.73. The highest BCUT2D eigenvalue weighted by Gasteiger charge is 2.16. The first-order valence-corrected chi connectivity index (χ1v) is 5.87. The lowest BCUT2D eigenvalue weighted by Crippen LogP contribution is -1.86. The van der Waals surface area contributed by atoms with Crippen molar-refractivity contribution in [2.75, 3.05) is 5.73 Å². The first-order chi connectivity index (χ1) is 8.58. The van der Waals surface area contributed by atoms with Crippen LogP contribution in [0.15, 0.2) is 18.5 Å². The number of H-pyrrole nitrogens is 1. The van der Waals surface area contributed by atoms with Crippen LogP contribution in [0.4, 0.5) is 5.69 Å². The van der Waals surface area contributed by atoms with E-state index in [9.17, 15) is 0 Å². The Bertz CT molecular complexity index is 721. The quantitative estimate of drug-likeness (QED) is 0.707. The zero-order valence-electron chi connectivity index (χ0n) is 10.0. The topological polar surface area (TPSA) is 72.5 Å². The van der Waals surface area contributed by atoms with E-state index in [-0.39, 0.29) is 0 Å². The van der Waals surface area contributed by atoms with Crippen LogP contribution in [0.2, 0.25) is 5.02 Å². The maximum Gasteiger partial charge on any atom is 0.141 e. The van der Waals surface area contributed by atoms with Gasteiger partial charge >= 0.3 is 0 Å². The second kappa shape index (κ2) is 3.74. The van der Waals surface area contributed by atoms with Crippen molar-refractivity contribution >= 4 is 28.3 Å². The van der Waals surface area contributed by atoms with Gasteiger partial charge in [-0.25, -0.2) is 9.97 Å². The normalized spacial score (nSPS) is 11.3. The molecule has 0 amide bonds. The third-order valence-electron chi connectivity index (χ3n) is 3.03. The third-order valence-corrected chi connectivity index (χ3v) is 3.41. The van der Waals surface area contributed by atoms with E-state index in [0.29, 0.717) is 16.4 Å². The average Bonchev–Trinajstić information content (AvgIpc) is 2.82. The summed E-state index contributed by atoms with van der Waals surface area (Å²) in [5.74, 6) is 0.917. The predicted octanol–water partition coefficient (Wildman–Crippen LogP) is 2.51. The summed E-state index contributed by atoms with van der Waals surface area (Å²) >= 11 is 6.36. The van der Waals surface area contributed by atoms with Crippen molar-refractivity contribution < 1.29 is 0 Å². The van der Waals surface area contributed by atoms with Gasteiger partial charge in [0.15, 0.2) is 0 Å². The summed E-state index contributed by atoms with van der Waals surface area (Å²) in [6.07, 6.45) is 3.57. The van der Waals surface area contributed by atoms with Crippen molar-refractivity contribution in [2.24, 2.45) is 7.05 Å². The highest BCUT2D eigenvalue weighted by Crippen LogP contribution is 2.35. The fourth-order valence-corrected chi connectivity index (χ4v) is 2.30. The van der Waals surface area contributed by atoms with Crippen molar-refractivity contribution in [3.8, 4) is 11.4 Å². The Labute approximate surface area is 109 Å². The van der Waals surface area contributed by atoms with E-state index in [4.69, 9.17) is 17.3 Å². The molecule has 0 atom stereocenters. The molecule has 0 saturated heterocycles. The van der Waals surface area contributed by atoms with Crippen LogP contribution in [-0.4, -0.2) is 19.5 Å². The molecule has 3 aromatic rings. The lowest BCUT2D eigenvalue weighted by molar-refractivity contribution is 0.858. The number of nitrogen functional groups attached to an aromatic ring is 1. The van der Waals surface area contributed by atoms with E-state index >= 15 is 0 Å². The molecular formula is C12H12ClN5. The van der Waals surface area contributed by atoms with Crippen LogP contribution in [0.5, 0.6) is 0 Å². The molecule has 0 aliphatic heterocycles. The number of fused-ring (bicyclic) bond motifs is 1. The molecule has 3 N–H and O–H groups in total. The van der Waals surface area contributed by atoms with Crippen molar-refractivity contribution in [3.63, 3.8) is 0 Å². The van der Waals surface area contributed by atoms with Crippen LogP contribution in [0.25, 0.3) is 22.4 Å². The van der Waals surface area contributed by atoms with Gasteiger partial charge in [-0.05, 0) is 13.0 Å². The van der Waals surface area contributed by atoms with Gasteiger partial charge in [0.25, 0.3) is 0 Å². The Kier molecular flexibility index (Phi) is 2.31. The Balaban J connectivity index is 2.30. The predicted molar refractivity (Wildman–Crippen MR) is 72.5 cm³/mol. The van der Waals surface area contributed by atoms with Gasteiger partial charge in [0.1, 0.15) is 17.2 Å². The summed E-state index contributed by atoms with van der Waals surface area (Å²) in [5.41, 5.74) is 8.74. The van der Waals surface area contributed by atoms with Gasteiger partial charge in [-0.2, -0.15) is 0 Å². The zero-order valence-corrected chi connectivity index (χ0v) is 10.8. The van der Waals surface area contributed by atoms with Crippen LogP contribution < -0.4 is 5.73 Å².